The lowest BCUT2D eigenvalue weighted by atomic mass is 9.81. The first-order valence-electron chi connectivity index (χ1n) is 7.81. The zero-order chi connectivity index (χ0) is 13.3. The van der Waals surface area contributed by atoms with E-state index in [4.69, 9.17) is 5.11 Å². The molecule has 1 atom stereocenters. The normalized spacial score (nSPS) is 18.4. The van der Waals surface area contributed by atoms with Crippen molar-refractivity contribution < 1.29 is 5.11 Å². The van der Waals surface area contributed by atoms with Gasteiger partial charge in [0.25, 0.3) is 0 Å². The molecule has 1 saturated carbocycles. The second kappa shape index (κ2) is 8.34. The Balaban J connectivity index is 1.96. The van der Waals surface area contributed by atoms with Crippen LogP contribution in [0.4, 0.5) is 0 Å². The number of hydrogen-bond donors (Lipinski definition) is 2. The first-order chi connectivity index (χ1) is 9.42. The van der Waals surface area contributed by atoms with Gasteiger partial charge in [0.15, 0.2) is 0 Å². The molecule has 0 aliphatic heterocycles. The number of aliphatic hydroxyl groups excluding tert-OH is 1. The van der Waals surface area contributed by atoms with E-state index in [1.807, 2.05) is 0 Å². The summed E-state index contributed by atoms with van der Waals surface area (Å²) in [5.74, 6) is 0.783. The number of rotatable bonds is 7. The van der Waals surface area contributed by atoms with Gasteiger partial charge in [-0.3, -0.25) is 0 Å². The zero-order valence-electron chi connectivity index (χ0n) is 11.9. The highest BCUT2D eigenvalue weighted by Crippen LogP contribution is 2.34. The largest absolute Gasteiger partial charge is 0.396 e. The fourth-order valence-corrected chi connectivity index (χ4v) is 3.18. The van der Waals surface area contributed by atoms with Crippen molar-refractivity contribution in [3.63, 3.8) is 0 Å². The van der Waals surface area contributed by atoms with E-state index in [2.05, 4.69) is 35.6 Å². The van der Waals surface area contributed by atoms with E-state index < -0.39 is 0 Å². The van der Waals surface area contributed by atoms with Crippen LogP contribution >= 0.6 is 0 Å². The van der Waals surface area contributed by atoms with Crippen molar-refractivity contribution in [1.29, 1.82) is 0 Å². The molecule has 1 aromatic rings. The number of hydrogen-bond acceptors (Lipinski definition) is 2. The van der Waals surface area contributed by atoms with Gasteiger partial charge in [-0.25, -0.2) is 0 Å². The molecule has 1 fully saturated rings. The monoisotopic (exact) mass is 261 g/mol. The van der Waals surface area contributed by atoms with Gasteiger partial charge in [-0.1, -0.05) is 49.6 Å². The average Bonchev–Trinajstić information content (AvgIpc) is 2.49. The van der Waals surface area contributed by atoms with Gasteiger partial charge < -0.3 is 10.4 Å². The Labute approximate surface area is 117 Å². The summed E-state index contributed by atoms with van der Waals surface area (Å²) in [5.41, 5.74) is 1.43. The molecule has 0 spiro atoms. The molecule has 0 radical (unpaired) electrons. The Hall–Kier alpha value is -0.860. The molecule has 1 aliphatic carbocycles. The molecule has 2 heteroatoms. The number of unbranched alkanes of at least 4 members (excludes halogenated alkanes) is 1. The summed E-state index contributed by atoms with van der Waals surface area (Å²) in [6.45, 7) is 1.32. The van der Waals surface area contributed by atoms with Gasteiger partial charge in [0.2, 0.25) is 0 Å². The first kappa shape index (κ1) is 14.5. The van der Waals surface area contributed by atoms with Crippen LogP contribution in [0.25, 0.3) is 0 Å². The molecule has 1 aromatic carbocycles. The Bertz CT molecular complexity index is 332. The van der Waals surface area contributed by atoms with E-state index >= 15 is 0 Å². The smallest absolute Gasteiger partial charge is 0.0431 e. The quantitative estimate of drug-likeness (QED) is 0.734. The summed E-state index contributed by atoms with van der Waals surface area (Å²) in [6, 6.07) is 11.4. The van der Waals surface area contributed by atoms with Crippen LogP contribution in [0.15, 0.2) is 30.3 Å². The van der Waals surface area contributed by atoms with E-state index in [0.717, 1.165) is 25.3 Å². The summed E-state index contributed by atoms with van der Waals surface area (Å²) in [6.07, 6.45) is 8.84. The lowest BCUT2D eigenvalue weighted by Crippen LogP contribution is -2.30. The number of aliphatic hydroxyl groups is 1. The maximum Gasteiger partial charge on any atom is 0.0431 e. The summed E-state index contributed by atoms with van der Waals surface area (Å²) >= 11 is 0. The third-order valence-corrected chi connectivity index (χ3v) is 4.23. The van der Waals surface area contributed by atoms with Crippen molar-refractivity contribution in [2.45, 2.75) is 51.0 Å². The molecule has 106 valence electrons. The summed E-state index contributed by atoms with van der Waals surface area (Å²) in [7, 11) is 0. The molecule has 2 rings (SSSR count). The lowest BCUT2D eigenvalue weighted by molar-refractivity contribution is 0.260. The van der Waals surface area contributed by atoms with Gasteiger partial charge in [-0.05, 0) is 43.7 Å². The Morgan fingerprint density at radius 2 is 1.79 bits per heavy atom. The van der Waals surface area contributed by atoms with E-state index in [1.54, 1.807) is 0 Å². The zero-order valence-corrected chi connectivity index (χ0v) is 11.9. The maximum atomic E-state index is 8.87. The van der Waals surface area contributed by atoms with Crippen LogP contribution in [-0.4, -0.2) is 18.3 Å². The molecular formula is C17H27NO. The Kier molecular flexibility index (Phi) is 6.38. The van der Waals surface area contributed by atoms with Crippen molar-refractivity contribution in [3.8, 4) is 0 Å². The third kappa shape index (κ3) is 4.63. The summed E-state index contributed by atoms with van der Waals surface area (Å²) < 4.78 is 0. The van der Waals surface area contributed by atoms with Crippen LogP contribution in [0, 0.1) is 5.92 Å². The minimum absolute atomic E-state index is 0.307. The van der Waals surface area contributed by atoms with Gasteiger partial charge in [-0.2, -0.15) is 0 Å². The standard InChI is InChI=1S/C17H27NO/c19-14-8-7-13-18-17(15-9-3-1-4-10-15)16-11-5-2-6-12-16/h1,3-4,9-10,16-19H,2,5-8,11-14H2. The molecule has 0 saturated heterocycles. The van der Waals surface area contributed by atoms with Crippen LogP contribution < -0.4 is 5.32 Å². The molecule has 1 aliphatic rings. The molecule has 0 aromatic heterocycles. The Morgan fingerprint density at radius 1 is 1.05 bits per heavy atom. The summed E-state index contributed by atoms with van der Waals surface area (Å²) in [4.78, 5) is 0. The van der Waals surface area contributed by atoms with Crippen molar-refractivity contribution in [2.24, 2.45) is 5.92 Å². The van der Waals surface area contributed by atoms with Crippen LogP contribution in [-0.2, 0) is 0 Å². The highest BCUT2D eigenvalue weighted by Gasteiger charge is 2.24. The molecule has 19 heavy (non-hydrogen) atoms. The maximum absolute atomic E-state index is 8.87. The van der Waals surface area contributed by atoms with Gasteiger partial charge in [0.05, 0.1) is 0 Å². The minimum Gasteiger partial charge on any atom is -0.396 e. The number of benzene rings is 1. The highest BCUT2D eigenvalue weighted by molar-refractivity contribution is 5.19. The van der Waals surface area contributed by atoms with Gasteiger partial charge in [0, 0.05) is 12.6 Å². The Morgan fingerprint density at radius 3 is 2.47 bits per heavy atom. The van der Waals surface area contributed by atoms with Gasteiger partial charge in [0.1, 0.15) is 0 Å². The van der Waals surface area contributed by atoms with Crippen molar-refractivity contribution in [2.75, 3.05) is 13.2 Å². The average molecular weight is 261 g/mol. The van der Waals surface area contributed by atoms with E-state index in [9.17, 15) is 0 Å². The fourth-order valence-electron chi connectivity index (χ4n) is 3.18. The van der Waals surface area contributed by atoms with Crippen molar-refractivity contribution >= 4 is 0 Å². The molecule has 2 N–H and O–H groups in total. The number of nitrogens with one attached hydrogen (secondary N) is 1. The predicted octanol–water partition coefficient (Wildman–Crippen LogP) is 3.67. The van der Waals surface area contributed by atoms with Crippen molar-refractivity contribution in [3.05, 3.63) is 35.9 Å². The van der Waals surface area contributed by atoms with Crippen LogP contribution in [0.1, 0.15) is 56.6 Å². The third-order valence-electron chi connectivity index (χ3n) is 4.23. The first-order valence-corrected chi connectivity index (χ1v) is 7.81. The molecular weight excluding hydrogens is 234 g/mol. The van der Waals surface area contributed by atoms with Crippen LogP contribution in [0.2, 0.25) is 0 Å². The summed E-state index contributed by atoms with van der Waals surface area (Å²) in [5, 5.41) is 12.6. The fraction of sp³-hybridized carbons (Fsp3) is 0.647. The second-order valence-corrected chi connectivity index (χ2v) is 5.67. The van der Waals surface area contributed by atoms with Gasteiger partial charge >= 0.3 is 0 Å². The lowest BCUT2D eigenvalue weighted by Gasteiger charge is -2.31. The molecule has 0 heterocycles. The molecule has 1 unspecified atom stereocenters. The van der Waals surface area contributed by atoms with Crippen LogP contribution in [0.3, 0.4) is 0 Å². The van der Waals surface area contributed by atoms with Gasteiger partial charge in [-0.15, -0.1) is 0 Å². The van der Waals surface area contributed by atoms with E-state index in [0.29, 0.717) is 12.6 Å². The van der Waals surface area contributed by atoms with E-state index in [-0.39, 0.29) is 0 Å². The topological polar surface area (TPSA) is 32.3 Å². The van der Waals surface area contributed by atoms with Crippen LogP contribution in [0.5, 0.6) is 0 Å². The van der Waals surface area contributed by atoms with Crippen molar-refractivity contribution in [1.82, 2.24) is 5.32 Å². The highest BCUT2D eigenvalue weighted by atomic mass is 16.2. The predicted molar refractivity (Wildman–Crippen MR) is 80.1 cm³/mol. The minimum atomic E-state index is 0.307. The SMILES string of the molecule is OCCCCNC(c1ccccc1)C1CCCCC1. The second-order valence-electron chi connectivity index (χ2n) is 5.67. The molecule has 2 nitrogen and oxygen atoms in total. The molecule has 0 bridgehead atoms. The molecule has 0 amide bonds. The van der Waals surface area contributed by atoms with E-state index in [1.165, 1.54) is 37.7 Å².